The lowest BCUT2D eigenvalue weighted by Crippen LogP contribution is -2.45. The third-order valence-corrected chi connectivity index (χ3v) is 2.81. The smallest absolute Gasteiger partial charge is 0.0741 e. The zero-order chi connectivity index (χ0) is 9.90. The van der Waals surface area contributed by atoms with Gasteiger partial charge < -0.3 is 10.2 Å². The molecule has 1 heterocycles. The standard InChI is InChI=1S/C11H20N2/c1-5-11(2,3)12-9-10-7-6-8-13(10)4/h1,10,12H,6-9H2,2-4H3. The number of terminal acetylenes is 1. The van der Waals surface area contributed by atoms with Crippen LogP contribution in [-0.4, -0.2) is 36.6 Å². The number of likely N-dealkylation sites (N-methyl/N-ethyl adjacent to an activating group) is 1. The van der Waals surface area contributed by atoms with Gasteiger partial charge in [-0.05, 0) is 40.3 Å². The molecule has 2 nitrogen and oxygen atoms in total. The first kappa shape index (κ1) is 10.6. The van der Waals surface area contributed by atoms with Gasteiger partial charge in [0.2, 0.25) is 0 Å². The second kappa shape index (κ2) is 4.13. The SMILES string of the molecule is C#CC(C)(C)NCC1CCCN1C. The monoisotopic (exact) mass is 180 g/mol. The van der Waals surface area contributed by atoms with Crippen molar-refractivity contribution in [2.24, 2.45) is 0 Å². The van der Waals surface area contributed by atoms with Gasteiger partial charge in [-0.1, -0.05) is 5.92 Å². The van der Waals surface area contributed by atoms with Crippen molar-refractivity contribution < 1.29 is 0 Å². The Morgan fingerprint density at radius 2 is 2.31 bits per heavy atom. The van der Waals surface area contributed by atoms with E-state index in [4.69, 9.17) is 6.42 Å². The van der Waals surface area contributed by atoms with Gasteiger partial charge in [0, 0.05) is 12.6 Å². The van der Waals surface area contributed by atoms with Gasteiger partial charge in [-0.2, -0.15) is 0 Å². The molecule has 0 radical (unpaired) electrons. The van der Waals surface area contributed by atoms with Gasteiger partial charge in [0.25, 0.3) is 0 Å². The van der Waals surface area contributed by atoms with E-state index in [-0.39, 0.29) is 5.54 Å². The summed E-state index contributed by atoms with van der Waals surface area (Å²) in [5, 5.41) is 3.40. The number of hydrogen-bond acceptors (Lipinski definition) is 2. The molecule has 0 aromatic carbocycles. The van der Waals surface area contributed by atoms with Crippen LogP contribution < -0.4 is 5.32 Å². The van der Waals surface area contributed by atoms with Gasteiger partial charge in [0.15, 0.2) is 0 Å². The minimum absolute atomic E-state index is 0.163. The number of likely N-dealkylation sites (tertiary alicyclic amines) is 1. The molecule has 74 valence electrons. The van der Waals surface area contributed by atoms with Crippen LogP contribution in [0.15, 0.2) is 0 Å². The van der Waals surface area contributed by atoms with Crippen LogP contribution >= 0.6 is 0 Å². The maximum atomic E-state index is 5.40. The maximum Gasteiger partial charge on any atom is 0.0741 e. The van der Waals surface area contributed by atoms with Crippen LogP contribution in [0.25, 0.3) is 0 Å². The summed E-state index contributed by atoms with van der Waals surface area (Å²) in [4.78, 5) is 2.40. The highest BCUT2D eigenvalue weighted by Crippen LogP contribution is 2.14. The summed E-state index contributed by atoms with van der Waals surface area (Å²) >= 11 is 0. The fraction of sp³-hybridized carbons (Fsp3) is 0.818. The Bertz CT molecular complexity index is 203. The van der Waals surface area contributed by atoms with Crippen LogP contribution in [-0.2, 0) is 0 Å². The number of hydrogen-bond donors (Lipinski definition) is 1. The fourth-order valence-corrected chi connectivity index (χ4v) is 1.66. The largest absolute Gasteiger partial charge is 0.302 e. The van der Waals surface area contributed by atoms with E-state index >= 15 is 0 Å². The van der Waals surface area contributed by atoms with Crippen molar-refractivity contribution in [3.05, 3.63) is 0 Å². The Kier molecular flexibility index (Phi) is 3.35. The summed E-state index contributed by atoms with van der Waals surface area (Å²) in [7, 11) is 2.18. The first-order valence-corrected chi connectivity index (χ1v) is 4.98. The zero-order valence-electron chi connectivity index (χ0n) is 8.93. The minimum atomic E-state index is -0.163. The Morgan fingerprint density at radius 3 is 2.77 bits per heavy atom. The molecule has 1 saturated heterocycles. The van der Waals surface area contributed by atoms with Crippen molar-refractivity contribution in [3.63, 3.8) is 0 Å². The van der Waals surface area contributed by atoms with Gasteiger partial charge >= 0.3 is 0 Å². The summed E-state index contributed by atoms with van der Waals surface area (Å²) < 4.78 is 0. The Hall–Kier alpha value is -0.520. The lowest BCUT2D eigenvalue weighted by atomic mass is 10.1. The molecule has 1 unspecified atom stereocenters. The van der Waals surface area contributed by atoms with Crippen molar-refractivity contribution in [1.82, 2.24) is 10.2 Å². The molecule has 0 aromatic heterocycles. The Morgan fingerprint density at radius 1 is 1.62 bits per heavy atom. The Balaban J connectivity index is 2.30. The summed E-state index contributed by atoms with van der Waals surface area (Å²) in [6.45, 7) is 6.32. The molecule has 0 amide bonds. The molecule has 13 heavy (non-hydrogen) atoms. The van der Waals surface area contributed by atoms with Crippen LogP contribution in [0, 0.1) is 12.3 Å². The van der Waals surface area contributed by atoms with Gasteiger partial charge in [-0.3, -0.25) is 0 Å². The van der Waals surface area contributed by atoms with Crippen LogP contribution in [0.2, 0.25) is 0 Å². The van der Waals surface area contributed by atoms with Crippen LogP contribution in [0.4, 0.5) is 0 Å². The van der Waals surface area contributed by atoms with E-state index in [1.807, 2.05) is 13.8 Å². The molecule has 1 N–H and O–H groups in total. The highest BCUT2D eigenvalue weighted by molar-refractivity contribution is 5.07. The molecule has 1 fully saturated rings. The molecule has 1 atom stereocenters. The maximum absolute atomic E-state index is 5.40. The second-order valence-corrected chi connectivity index (χ2v) is 4.43. The average Bonchev–Trinajstić information content (AvgIpc) is 2.48. The van der Waals surface area contributed by atoms with Gasteiger partial charge in [0.05, 0.1) is 5.54 Å². The predicted molar refractivity (Wildman–Crippen MR) is 56.6 cm³/mol. The van der Waals surface area contributed by atoms with Crippen molar-refractivity contribution in [2.75, 3.05) is 20.1 Å². The normalized spacial score (nSPS) is 24.6. The molecule has 1 rings (SSSR count). The fourth-order valence-electron chi connectivity index (χ4n) is 1.66. The first-order chi connectivity index (χ1) is 6.05. The van der Waals surface area contributed by atoms with E-state index in [1.165, 1.54) is 19.4 Å². The van der Waals surface area contributed by atoms with Gasteiger partial charge in [0.1, 0.15) is 0 Å². The number of nitrogens with one attached hydrogen (secondary N) is 1. The Labute approximate surface area is 81.7 Å². The van der Waals surface area contributed by atoms with Gasteiger partial charge in [-0.15, -0.1) is 6.42 Å². The second-order valence-electron chi connectivity index (χ2n) is 4.43. The molecule has 0 saturated carbocycles. The van der Waals surface area contributed by atoms with Crippen LogP contribution in [0.5, 0.6) is 0 Å². The molecule has 1 aliphatic rings. The van der Waals surface area contributed by atoms with Crippen LogP contribution in [0.3, 0.4) is 0 Å². The topological polar surface area (TPSA) is 15.3 Å². The minimum Gasteiger partial charge on any atom is -0.302 e. The first-order valence-electron chi connectivity index (χ1n) is 4.98. The van der Waals surface area contributed by atoms with Crippen LogP contribution in [0.1, 0.15) is 26.7 Å². The third kappa shape index (κ3) is 3.02. The zero-order valence-corrected chi connectivity index (χ0v) is 8.93. The van der Waals surface area contributed by atoms with Crippen molar-refractivity contribution in [1.29, 1.82) is 0 Å². The molecule has 1 aliphatic heterocycles. The molecule has 0 bridgehead atoms. The number of nitrogens with zero attached hydrogens (tertiary/aromatic N) is 1. The third-order valence-electron chi connectivity index (χ3n) is 2.81. The van der Waals surface area contributed by atoms with E-state index in [2.05, 4.69) is 23.2 Å². The van der Waals surface area contributed by atoms with Crippen molar-refractivity contribution in [2.45, 2.75) is 38.3 Å². The number of rotatable bonds is 3. The van der Waals surface area contributed by atoms with E-state index in [0.717, 1.165) is 6.54 Å². The van der Waals surface area contributed by atoms with Crippen molar-refractivity contribution >= 4 is 0 Å². The summed E-state index contributed by atoms with van der Waals surface area (Å²) in [5.74, 6) is 2.75. The summed E-state index contributed by atoms with van der Waals surface area (Å²) in [6.07, 6.45) is 8.01. The molecule has 0 spiro atoms. The van der Waals surface area contributed by atoms with Crippen molar-refractivity contribution in [3.8, 4) is 12.3 Å². The molecule has 0 aliphatic carbocycles. The quantitative estimate of drug-likeness (QED) is 0.654. The lowest BCUT2D eigenvalue weighted by molar-refractivity contribution is 0.286. The van der Waals surface area contributed by atoms with E-state index in [1.54, 1.807) is 0 Å². The average molecular weight is 180 g/mol. The highest BCUT2D eigenvalue weighted by Gasteiger charge is 2.22. The van der Waals surface area contributed by atoms with E-state index < -0.39 is 0 Å². The molecular formula is C11H20N2. The molecule has 0 aromatic rings. The highest BCUT2D eigenvalue weighted by atomic mass is 15.2. The predicted octanol–water partition coefficient (Wildman–Crippen LogP) is 1.08. The molecular weight excluding hydrogens is 160 g/mol. The summed E-state index contributed by atoms with van der Waals surface area (Å²) in [6, 6.07) is 0.674. The lowest BCUT2D eigenvalue weighted by Gasteiger charge is -2.25. The van der Waals surface area contributed by atoms with E-state index in [9.17, 15) is 0 Å². The summed E-state index contributed by atoms with van der Waals surface area (Å²) in [5.41, 5.74) is -0.163. The van der Waals surface area contributed by atoms with Gasteiger partial charge in [-0.25, -0.2) is 0 Å². The van der Waals surface area contributed by atoms with E-state index in [0.29, 0.717) is 6.04 Å². The molecule has 2 heteroatoms.